The number of nitrogens with zero attached hydrogens (tertiary/aromatic N) is 2. The Morgan fingerprint density at radius 1 is 1.39 bits per heavy atom. The summed E-state index contributed by atoms with van der Waals surface area (Å²) < 4.78 is 0. The van der Waals surface area contributed by atoms with Gasteiger partial charge in [0.2, 0.25) is 0 Å². The molecule has 0 bridgehead atoms. The number of carbonyl (C=O) groups excluding carboxylic acids is 2. The monoisotopic (exact) mass is 249 g/mol. The van der Waals surface area contributed by atoms with Gasteiger partial charge in [0.15, 0.2) is 0 Å². The summed E-state index contributed by atoms with van der Waals surface area (Å²) in [6.45, 7) is 2.03. The second-order valence-electron chi connectivity index (χ2n) is 5.33. The van der Waals surface area contributed by atoms with Gasteiger partial charge in [0.25, 0.3) is 5.91 Å². The van der Waals surface area contributed by atoms with E-state index in [0.717, 1.165) is 25.7 Å². The maximum Gasteiger partial charge on any atom is 0.325 e. The highest BCUT2D eigenvalue weighted by atomic mass is 16.2. The van der Waals surface area contributed by atoms with Gasteiger partial charge in [-0.05, 0) is 25.7 Å². The van der Waals surface area contributed by atoms with Crippen molar-refractivity contribution >= 4 is 11.9 Å². The van der Waals surface area contributed by atoms with Gasteiger partial charge >= 0.3 is 6.03 Å². The first-order valence-electron chi connectivity index (χ1n) is 6.60. The van der Waals surface area contributed by atoms with Gasteiger partial charge < -0.3 is 5.32 Å². The highest BCUT2D eigenvalue weighted by molar-refractivity contribution is 6.07. The number of hydrogen-bond acceptors (Lipinski definition) is 3. The molecule has 1 saturated heterocycles. The molecule has 0 radical (unpaired) electrons. The predicted molar refractivity (Wildman–Crippen MR) is 65.5 cm³/mol. The second-order valence-corrected chi connectivity index (χ2v) is 5.33. The number of rotatable bonds is 3. The summed E-state index contributed by atoms with van der Waals surface area (Å²) in [4.78, 5) is 25.4. The summed E-state index contributed by atoms with van der Waals surface area (Å²) in [6.07, 6.45) is 5.65. The normalized spacial score (nSPS) is 29.2. The number of nitriles is 1. The van der Waals surface area contributed by atoms with Crippen LogP contribution >= 0.6 is 0 Å². The second kappa shape index (κ2) is 4.97. The first-order chi connectivity index (χ1) is 8.59. The smallest absolute Gasteiger partial charge is 0.323 e. The lowest BCUT2D eigenvalue weighted by atomic mass is 9.75. The van der Waals surface area contributed by atoms with Crippen LogP contribution in [0.2, 0.25) is 0 Å². The molecule has 1 unspecified atom stereocenters. The zero-order chi connectivity index (χ0) is 13.2. The molecule has 1 aliphatic carbocycles. The minimum absolute atomic E-state index is 0.158. The molecule has 2 fully saturated rings. The average Bonchev–Trinajstić information content (AvgIpc) is 2.60. The highest BCUT2D eigenvalue weighted by Crippen LogP contribution is 2.36. The van der Waals surface area contributed by atoms with Crippen LogP contribution in [0.1, 0.15) is 45.4 Å². The SMILES string of the molecule is CC1(C2CCCCC2)NC(=O)N(CCC#N)C1=O. The van der Waals surface area contributed by atoms with E-state index in [4.69, 9.17) is 5.26 Å². The van der Waals surface area contributed by atoms with E-state index in [2.05, 4.69) is 5.32 Å². The van der Waals surface area contributed by atoms with Gasteiger partial charge in [0, 0.05) is 6.54 Å². The number of nitrogens with one attached hydrogen (secondary N) is 1. The number of urea groups is 1. The Kier molecular flexibility index (Phi) is 3.55. The van der Waals surface area contributed by atoms with Crippen molar-refractivity contribution < 1.29 is 9.59 Å². The molecule has 2 rings (SSSR count). The van der Waals surface area contributed by atoms with Crippen molar-refractivity contribution in [1.29, 1.82) is 5.26 Å². The Morgan fingerprint density at radius 2 is 2.06 bits per heavy atom. The van der Waals surface area contributed by atoms with Crippen molar-refractivity contribution in [1.82, 2.24) is 10.2 Å². The number of imide groups is 1. The Hall–Kier alpha value is -1.57. The van der Waals surface area contributed by atoms with Crippen molar-refractivity contribution in [3.8, 4) is 6.07 Å². The maximum atomic E-state index is 12.4. The molecule has 1 aliphatic heterocycles. The van der Waals surface area contributed by atoms with Crippen molar-refractivity contribution in [2.45, 2.75) is 51.0 Å². The van der Waals surface area contributed by atoms with Crippen LogP contribution in [-0.4, -0.2) is 28.9 Å². The van der Waals surface area contributed by atoms with E-state index in [9.17, 15) is 9.59 Å². The van der Waals surface area contributed by atoms with Crippen molar-refractivity contribution in [3.63, 3.8) is 0 Å². The topological polar surface area (TPSA) is 73.2 Å². The van der Waals surface area contributed by atoms with Crippen LogP contribution in [0.5, 0.6) is 0 Å². The molecular formula is C13H19N3O2. The molecular weight excluding hydrogens is 230 g/mol. The van der Waals surface area contributed by atoms with Crippen molar-refractivity contribution in [2.75, 3.05) is 6.54 Å². The number of amides is 3. The summed E-state index contributed by atoms with van der Waals surface area (Å²) in [6, 6.07) is 1.62. The largest absolute Gasteiger partial charge is 0.325 e. The molecule has 1 heterocycles. The number of hydrogen-bond donors (Lipinski definition) is 1. The third-order valence-electron chi connectivity index (χ3n) is 4.17. The van der Waals surface area contributed by atoms with Gasteiger partial charge in [0.1, 0.15) is 5.54 Å². The van der Waals surface area contributed by atoms with Gasteiger partial charge in [-0.3, -0.25) is 9.69 Å². The summed E-state index contributed by atoms with van der Waals surface area (Å²) >= 11 is 0. The number of carbonyl (C=O) groups is 2. The van der Waals surface area contributed by atoms with Gasteiger partial charge in [-0.15, -0.1) is 0 Å². The van der Waals surface area contributed by atoms with E-state index in [1.165, 1.54) is 11.3 Å². The molecule has 0 aromatic carbocycles. The molecule has 1 saturated carbocycles. The first-order valence-corrected chi connectivity index (χ1v) is 6.60. The zero-order valence-electron chi connectivity index (χ0n) is 10.7. The van der Waals surface area contributed by atoms with Crippen LogP contribution in [0.15, 0.2) is 0 Å². The lowest BCUT2D eigenvalue weighted by Crippen LogP contribution is -2.51. The molecule has 0 aromatic rings. The van der Waals surface area contributed by atoms with Crippen LogP contribution in [0.4, 0.5) is 4.79 Å². The van der Waals surface area contributed by atoms with Gasteiger partial charge in [0.05, 0.1) is 12.5 Å². The van der Waals surface area contributed by atoms with Gasteiger partial charge in [-0.25, -0.2) is 4.79 Å². The van der Waals surface area contributed by atoms with Crippen LogP contribution < -0.4 is 5.32 Å². The van der Waals surface area contributed by atoms with E-state index < -0.39 is 5.54 Å². The molecule has 3 amide bonds. The van der Waals surface area contributed by atoms with E-state index in [-0.39, 0.29) is 30.8 Å². The fraction of sp³-hybridized carbons (Fsp3) is 0.769. The van der Waals surface area contributed by atoms with E-state index in [1.54, 1.807) is 0 Å². The minimum atomic E-state index is -0.757. The summed E-state index contributed by atoms with van der Waals surface area (Å²) in [5.74, 6) is 0.0736. The first kappa shape index (κ1) is 12.9. The average molecular weight is 249 g/mol. The summed E-state index contributed by atoms with van der Waals surface area (Å²) in [5, 5.41) is 11.4. The molecule has 1 N–H and O–H groups in total. The van der Waals surface area contributed by atoms with Gasteiger partial charge in [-0.2, -0.15) is 5.26 Å². The lowest BCUT2D eigenvalue weighted by molar-refractivity contribution is -0.133. The molecule has 0 aromatic heterocycles. The Bertz CT molecular complexity index is 396. The third kappa shape index (κ3) is 2.07. The highest BCUT2D eigenvalue weighted by Gasteiger charge is 2.51. The van der Waals surface area contributed by atoms with Crippen LogP contribution in [0.3, 0.4) is 0 Å². The van der Waals surface area contributed by atoms with Crippen LogP contribution in [-0.2, 0) is 4.79 Å². The Morgan fingerprint density at radius 3 is 2.67 bits per heavy atom. The Labute approximate surface area is 107 Å². The van der Waals surface area contributed by atoms with Crippen molar-refractivity contribution in [3.05, 3.63) is 0 Å². The molecule has 18 heavy (non-hydrogen) atoms. The molecule has 98 valence electrons. The molecule has 5 heteroatoms. The molecule has 2 aliphatic rings. The van der Waals surface area contributed by atoms with E-state index in [1.807, 2.05) is 13.0 Å². The zero-order valence-corrected chi connectivity index (χ0v) is 10.7. The quantitative estimate of drug-likeness (QED) is 0.775. The third-order valence-corrected chi connectivity index (χ3v) is 4.17. The van der Waals surface area contributed by atoms with E-state index in [0.29, 0.717) is 0 Å². The lowest BCUT2D eigenvalue weighted by Gasteiger charge is -2.34. The van der Waals surface area contributed by atoms with E-state index >= 15 is 0 Å². The fourth-order valence-corrected chi connectivity index (χ4v) is 3.04. The van der Waals surface area contributed by atoms with Gasteiger partial charge in [-0.1, -0.05) is 19.3 Å². The molecule has 5 nitrogen and oxygen atoms in total. The van der Waals surface area contributed by atoms with Crippen molar-refractivity contribution in [2.24, 2.45) is 5.92 Å². The summed E-state index contributed by atoms with van der Waals surface area (Å²) in [5.41, 5.74) is -0.757. The maximum absolute atomic E-state index is 12.4. The minimum Gasteiger partial charge on any atom is -0.323 e. The standard InChI is InChI=1S/C13H19N3O2/c1-13(10-6-3-2-4-7-10)11(17)16(9-5-8-14)12(18)15-13/h10H,2-7,9H2,1H3,(H,15,18). The molecule has 0 spiro atoms. The van der Waals surface area contributed by atoms with Crippen LogP contribution in [0, 0.1) is 17.2 Å². The van der Waals surface area contributed by atoms with Crippen LogP contribution in [0.25, 0.3) is 0 Å². The predicted octanol–water partition coefficient (Wildman–Crippen LogP) is 1.79. The molecule has 1 atom stereocenters. The summed E-state index contributed by atoms with van der Waals surface area (Å²) in [7, 11) is 0. The Balaban J connectivity index is 2.12. The fourth-order valence-electron chi connectivity index (χ4n) is 3.04.